The molecular weight excluding hydrogens is 300 g/mol. The van der Waals surface area contributed by atoms with E-state index in [9.17, 15) is 9.59 Å². The first-order chi connectivity index (χ1) is 11.2. The van der Waals surface area contributed by atoms with E-state index in [1.54, 1.807) is 12.1 Å². The van der Waals surface area contributed by atoms with Gasteiger partial charge in [-0.3, -0.25) is 9.69 Å². The van der Waals surface area contributed by atoms with Crippen LogP contribution in [0.1, 0.15) is 0 Å². The molecular formula is C15H14N4O4. The quantitative estimate of drug-likeness (QED) is 0.902. The van der Waals surface area contributed by atoms with Crippen molar-refractivity contribution >= 4 is 17.7 Å². The molecule has 0 bridgehead atoms. The zero-order chi connectivity index (χ0) is 16.1. The number of aromatic nitrogens is 2. The number of anilines is 1. The van der Waals surface area contributed by atoms with Crippen molar-refractivity contribution in [3.63, 3.8) is 0 Å². The predicted molar refractivity (Wildman–Crippen MR) is 80.1 cm³/mol. The average Bonchev–Trinajstić information content (AvgIpc) is 2.95. The maximum atomic E-state index is 11.8. The highest BCUT2D eigenvalue weighted by Gasteiger charge is 2.24. The van der Waals surface area contributed by atoms with E-state index >= 15 is 0 Å². The Bertz CT molecular complexity index is 690. The summed E-state index contributed by atoms with van der Waals surface area (Å²) in [6.07, 6.45) is 2.39. The van der Waals surface area contributed by atoms with Crippen molar-refractivity contribution in [1.82, 2.24) is 14.9 Å². The summed E-state index contributed by atoms with van der Waals surface area (Å²) >= 11 is 0. The lowest BCUT2D eigenvalue weighted by Crippen LogP contribution is -2.33. The van der Waals surface area contributed by atoms with E-state index < -0.39 is 6.09 Å². The SMILES string of the molecule is O=C(CN1CCOC1=O)Nc1cnc(Oc2ccccc2)nc1. The van der Waals surface area contributed by atoms with Crippen molar-refractivity contribution in [1.29, 1.82) is 0 Å². The van der Waals surface area contributed by atoms with Crippen molar-refractivity contribution in [3.8, 4) is 11.8 Å². The minimum absolute atomic E-state index is 0.0684. The van der Waals surface area contributed by atoms with Crippen LogP contribution in [0.3, 0.4) is 0 Å². The van der Waals surface area contributed by atoms with Crippen LogP contribution in [-0.4, -0.2) is 46.6 Å². The van der Waals surface area contributed by atoms with Gasteiger partial charge >= 0.3 is 12.1 Å². The third-order valence-electron chi connectivity index (χ3n) is 3.04. The lowest BCUT2D eigenvalue weighted by Gasteiger charge is -2.12. The Balaban J connectivity index is 1.55. The van der Waals surface area contributed by atoms with Crippen molar-refractivity contribution < 1.29 is 19.1 Å². The van der Waals surface area contributed by atoms with Gasteiger partial charge in [0, 0.05) is 0 Å². The maximum Gasteiger partial charge on any atom is 0.410 e. The van der Waals surface area contributed by atoms with Crippen molar-refractivity contribution in [2.24, 2.45) is 0 Å². The molecule has 118 valence electrons. The van der Waals surface area contributed by atoms with Crippen LogP contribution in [0.4, 0.5) is 10.5 Å². The van der Waals surface area contributed by atoms with Gasteiger partial charge in [0.25, 0.3) is 0 Å². The van der Waals surface area contributed by atoms with E-state index in [1.807, 2.05) is 18.2 Å². The van der Waals surface area contributed by atoms with Gasteiger partial charge in [0.1, 0.15) is 18.9 Å². The first kappa shape index (κ1) is 14.8. The van der Waals surface area contributed by atoms with Crippen LogP contribution in [0.15, 0.2) is 42.7 Å². The van der Waals surface area contributed by atoms with Crippen LogP contribution < -0.4 is 10.1 Å². The monoisotopic (exact) mass is 314 g/mol. The summed E-state index contributed by atoms with van der Waals surface area (Å²) in [5, 5.41) is 2.61. The lowest BCUT2D eigenvalue weighted by molar-refractivity contribution is -0.116. The van der Waals surface area contributed by atoms with Crippen LogP contribution in [-0.2, 0) is 9.53 Å². The molecule has 0 saturated carbocycles. The molecule has 0 unspecified atom stereocenters. The van der Waals surface area contributed by atoms with Gasteiger partial charge in [-0.2, -0.15) is 0 Å². The molecule has 0 atom stereocenters. The number of rotatable bonds is 5. The first-order valence-corrected chi connectivity index (χ1v) is 6.97. The Morgan fingerprint density at radius 3 is 2.65 bits per heavy atom. The summed E-state index contributed by atoms with van der Waals surface area (Å²) in [6.45, 7) is 0.647. The summed E-state index contributed by atoms with van der Waals surface area (Å²) in [6, 6.07) is 9.31. The van der Waals surface area contributed by atoms with Gasteiger partial charge in [-0.15, -0.1) is 0 Å². The Morgan fingerprint density at radius 1 is 1.26 bits per heavy atom. The molecule has 0 aliphatic carbocycles. The van der Waals surface area contributed by atoms with Gasteiger partial charge in [-0.05, 0) is 12.1 Å². The molecule has 2 aromatic rings. The molecule has 3 rings (SSSR count). The molecule has 1 aliphatic heterocycles. The molecule has 0 spiro atoms. The molecule has 23 heavy (non-hydrogen) atoms. The highest BCUT2D eigenvalue weighted by molar-refractivity contribution is 5.93. The average molecular weight is 314 g/mol. The normalized spacial score (nSPS) is 13.6. The second-order valence-electron chi connectivity index (χ2n) is 4.75. The fourth-order valence-electron chi connectivity index (χ4n) is 1.97. The minimum Gasteiger partial charge on any atom is -0.448 e. The van der Waals surface area contributed by atoms with Crippen LogP contribution in [0.5, 0.6) is 11.8 Å². The van der Waals surface area contributed by atoms with Gasteiger partial charge in [-0.25, -0.2) is 14.8 Å². The summed E-state index contributed by atoms with van der Waals surface area (Å²) < 4.78 is 10.2. The zero-order valence-corrected chi connectivity index (χ0v) is 12.1. The Hall–Kier alpha value is -3.16. The van der Waals surface area contributed by atoms with Crippen molar-refractivity contribution in [2.45, 2.75) is 0 Å². The summed E-state index contributed by atoms with van der Waals surface area (Å²) in [4.78, 5) is 32.5. The second kappa shape index (κ2) is 6.73. The number of carbonyl (C=O) groups is 2. The topological polar surface area (TPSA) is 93.7 Å². The molecule has 1 aliphatic rings. The highest BCUT2D eigenvalue weighted by Crippen LogP contribution is 2.17. The van der Waals surface area contributed by atoms with Crippen molar-refractivity contribution in [3.05, 3.63) is 42.7 Å². The molecule has 0 radical (unpaired) electrons. The van der Waals surface area contributed by atoms with E-state index in [2.05, 4.69) is 15.3 Å². The molecule has 1 fully saturated rings. The van der Waals surface area contributed by atoms with E-state index in [0.29, 0.717) is 24.6 Å². The molecule has 8 heteroatoms. The molecule has 2 heterocycles. The Kier molecular flexibility index (Phi) is 4.32. The molecule has 1 aromatic heterocycles. The first-order valence-electron chi connectivity index (χ1n) is 6.97. The standard InChI is InChI=1S/C15H14N4O4/c20-13(10-19-6-7-22-15(19)21)18-11-8-16-14(17-9-11)23-12-4-2-1-3-5-12/h1-5,8-9H,6-7,10H2,(H,18,20). The highest BCUT2D eigenvalue weighted by atomic mass is 16.6. The number of amides is 2. The fraction of sp³-hybridized carbons (Fsp3) is 0.200. The van der Waals surface area contributed by atoms with Gasteiger partial charge in [0.05, 0.1) is 24.6 Å². The van der Waals surface area contributed by atoms with Crippen LogP contribution in [0.25, 0.3) is 0 Å². The molecule has 8 nitrogen and oxygen atoms in total. The minimum atomic E-state index is -0.483. The van der Waals surface area contributed by atoms with E-state index in [1.165, 1.54) is 17.3 Å². The predicted octanol–water partition coefficient (Wildman–Crippen LogP) is 1.66. The Labute approximate surface area is 132 Å². The number of hydrogen-bond acceptors (Lipinski definition) is 6. The number of carbonyl (C=O) groups excluding carboxylic acids is 2. The lowest BCUT2D eigenvalue weighted by atomic mass is 10.3. The largest absolute Gasteiger partial charge is 0.448 e. The molecule has 2 amide bonds. The van der Waals surface area contributed by atoms with E-state index in [-0.39, 0.29) is 18.5 Å². The second-order valence-corrected chi connectivity index (χ2v) is 4.75. The number of para-hydroxylation sites is 1. The van der Waals surface area contributed by atoms with Crippen LogP contribution in [0.2, 0.25) is 0 Å². The third kappa shape index (κ3) is 3.94. The number of nitrogens with one attached hydrogen (secondary N) is 1. The summed E-state index contributed by atoms with van der Waals surface area (Å²) in [5.41, 5.74) is 0.419. The zero-order valence-electron chi connectivity index (χ0n) is 12.1. The van der Waals surface area contributed by atoms with Gasteiger partial charge in [0.15, 0.2) is 0 Å². The van der Waals surface area contributed by atoms with Crippen LogP contribution in [0, 0.1) is 0 Å². The Morgan fingerprint density at radius 2 is 2.00 bits per heavy atom. The molecule has 1 aromatic carbocycles. The van der Waals surface area contributed by atoms with Gasteiger partial charge in [-0.1, -0.05) is 18.2 Å². The number of nitrogens with zero attached hydrogens (tertiary/aromatic N) is 3. The summed E-state index contributed by atoms with van der Waals surface area (Å²) in [5.74, 6) is 0.279. The summed E-state index contributed by atoms with van der Waals surface area (Å²) in [7, 11) is 0. The van der Waals surface area contributed by atoms with E-state index in [4.69, 9.17) is 9.47 Å². The number of ether oxygens (including phenoxy) is 2. The maximum absolute atomic E-state index is 11.8. The third-order valence-corrected chi connectivity index (χ3v) is 3.04. The molecule has 1 saturated heterocycles. The number of cyclic esters (lactones) is 1. The van der Waals surface area contributed by atoms with Crippen molar-refractivity contribution in [2.75, 3.05) is 25.0 Å². The van der Waals surface area contributed by atoms with E-state index in [0.717, 1.165) is 0 Å². The van der Waals surface area contributed by atoms with Gasteiger partial charge < -0.3 is 14.8 Å². The van der Waals surface area contributed by atoms with Gasteiger partial charge in [0.2, 0.25) is 5.91 Å². The van der Waals surface area contributed by atoms with Crippen LogP contribution >= 0.6 is 0 Å². The number of hydrogen-bond donors (Lipinski definition) is 1. The fourth-order valence-corrected chi connectivity index (χ4v) is 1.97. The number of benzene rings is 1. The smallest absolute Gasteiger partial charge is 0.410 e. The molecule has 1 N–H and O–H groups in total.